The van der Waals surface area contributed by atoms with E-state index in [0.29, 0.717) is 4.47 Å². The van der Waals surface area contributed by atoms with Gasteiger partial charge < -0.3 is 0 Å². The van der Waals surface area contributed by atoms with Crippen molar-refractivity contribution in [1.82, 2.24) is 9.55 Å². The van der Waals surface area contributed by atoms with Crippen LogP contribution in [-0.2, 0) is 6.54 Å². The van der Waals surface area contributed by atoms with Crippen LogP contribution in [0.4, 0.5) is 0 Å². The molecular formula is C12H17BrN2OS. The molecule has 5 heteroatoms. The Labute approximate surface area is 115 Å². The van der Waals surface area contributed by atoms with Gasteiger partial charge in [0.25, 0.3) is 5.56 Å². The minimum absolute atomic E-state index is 0.0190. The molecule has 1 aromatic rings. The molecular weight excluding hydrogens is 300 g/mol. The van der Waals surface area contributed by atoms with Gasteiger partial charge in [0.15, 0.2) is 0 Å². The summed E-state index contributed by atoms with van der Waals surface area (Å²) in [5.74, 6) is 0.838. The first kappa shape index (κ1) is 13.1. The van der Waals surface area contributed by atoms with Gasteiger partial charge in [-0.1, -0.05) is 12.8 Å². The van der Waals surface area contributed by atoms with Gasteiger partial charge in [-0.3, -0.25) is 9.36 Å². The zero-order chi connectivity index (χ0) is 12.5. The number of rotatable bonds is 3. The van der Waals surface area contributed by atoms with Gasteiger partial charge in [-0.25, -0.2) is 4.98 Å². The fourth-order valence-corrected chi connectivity index (χ4v) is 3.26. The normalized spacial score (nSPS) is 18.5. The minimum atomic E-state index is 0.0190. The summed E-state index contributed by atoms with van der Waals surface area (Å²) >= 11 is 7.77. The van der Waals surface area contributed by atoms with E-state index in [2.05, 4.69) is 33.5 Å². The van der Waals surface area contributed by atoms with Crippen LogP contribution in [0.1, 0.15) is 31.4 Å². The van der Waals surface area contributed by atoms with E-state index < -0.39 is 0 Å². The lowest BCUT2D eigenvalue weighted by Gasteiger charge is -2.27. The molecule has 1 aliphatic rings. The average Bonchev–Trinajstić information content (AvgIpc) is 2.79. The summed E-state index contributed by atoms with van der Waals surface area (Å²) in [6.45, 7) is 2.57. The number of aromatic nitrogens is 2. The van der Waals surface area contributed by atoms with E-state index in [1.165, 1.54) is 12.8 Å². The molecule has 0 spiro atoms. The molecule has 0 N–H and O–H groups in total. The molecule has 0 aromatic carbocycles. The fraction of sp³-hybridized carbons (Fsp3) is 0.667. The predicted octanol–water partition coefficient (Wildman–Crippen LogP) is 2.80. The predicted molar refractivity (Wildman–Crippen MR) is 75.7 cm³/mol. The van der Waals surface area contributed by atoms with Gasteiger partial charge in [0, 0.05) is 6.54 Å². The van der Waals surface area contributed by atoms with Crippen molar-refractivity contribution in [2.24, 2.45) is 5.41 Å². The van der Waals surface area contributed by atoms with E-state index in [1.807, 2.05) is 6.92 Å². The van der Waals surface area contributed by atoms with Gasteiger partial charge >= 0.3 is 0 Å². The minimum Gasteiger partial charge on any atom is -0.298 e. The number of hydrogen-bond donors (Lipinski definition) is 1. The highest BCUT2D eigenvalue weighted by atomic mass is 79.9. The number of nitrogens with zero attached hydrogens (tertiary/aromatic N) is 2. The molecule has 1 aromatic heterocycles. The summed E-state index contributed by atoms with van der Waals surface area (Å²) in [5, 5.41) is 0. The molecule has 1 heterocycles. The highest BCUT2D eigenvalue weighted by Crippen LogP contribution is 2.40. The summed E-state index contributed by atoms with van der Waals surface area (Å²) in [7, 11) is 0. The first-order valence-corrected chi connectivity index (χ1v) is 7.33. The summed E-state index contributed by atoms with van der Waals surface area (Å²) in [6.07, 6.45) is 6.47. The van der Waals surface area contributed by atoms with Crippen LogP contribution in [0.3, 0.4) is 0 Å². The van der Waals surface area contributed by atoms with Crippen molar-refractivity contribution in [2.45, 2.75) is 39.2 Å². The molecule has 0 saturated heterocycles. The molecule has 0 unspecified atom stereocenters. The van der Waals surface area contributed by atoms with Gasteiger partial charge in [0.2, 0.25) is 0 Å². The second-order valence-corrected chi connectivity index (χ2v) is 6.05. The van der Waals surface area contributed by atoms with Crippen LogP contribution in [0.25, 0.3) is 0 Å². The molecule has 1 saturated carbocycles. The fourth-order valence-electron chi connectivity index (χ4n) is 2.51. The van der Waals surface area contributed by atoms with Crippen molar-refractivity contribution in [1.29, 1.82) is 0 Å². The highest BCUT2D eigenvalue weighted by Gasteiger charge is 2.33. The third kappa shape index (κ3) is 2.60. The standard InChI is InChI=1S/C12H17BrN2OS/c1-9-10(13)11(16)15(8-14-9)6-12(7-17)4-2-3-5-12/h8,17H,2-7H2,1H3. The van der Waals surface area contributed by atoms with Gasteiger partial charge in [-0.05, 0) is 46.9 Å². The van der Waals surface area contributed by atoms with E-state index in [0.717, 1.165) is 30.8 Å². The number of aryl methyl sites for hydroxylation is 1. The maximum absolute atomic E-state index is 12.1. The summed E-state index contributed by atoms with van der Waals surface area (Å²) in [4.78, 5) is 16.3. The zero-order valence-electron chi connectivity index (χ0n) is 9.95. The molecule has 1 aliphatic carbocycles. The summed E-state index contributed by atoms with van der Waals surface area (Å²) in [5.41, 5.74) is 0.951. The number of hydrogen-bond acceptors (Lipinski definition) is 3. The van der Waals surface area contributed by atoms with E-state index in [-0.39, 0.29) is 11.0 Å². The Hall–Kier alpha value is -0.290. The Kier molecular flexibility index (Phi) is 3.98. The van der Waals surface area contributed by atoms with Gasteiger partial charge in [-0.2, -0.15) is 12.6 Å². The Morgan fingerprint density at radius 2 is 2.18 bits per heavy atom. The number of halogens is 1. The molecule has 94 valence electrons. The lowest BCUT2D eigenvalue weighted by atomic mass is 9.88. The molecule has 17 heavy (non-hydrogen) atoms. The SMILES string of the molecule is Cc1ncn(CC2(CS)CCCC2)c(=O)c1Br. The first-order chi connectivity index (χ1) is 8.08. The van der Waals surface area contributed by atoms with Gasteiger partial charge in [-0.15, -0.1) is 0 Å². The highest BCUT2D eigenvalue weighted by molar-refractivity contribution is 9.10. The van der Waals surface area contributed by atoms with Crippen LogP contribution in [0, 0.1) is 12.3 Å². The number of thiol groups is 1. The zero-order valence-corrected chi connectivity index (χ0v) is 12.4. The van der Waals surface area contributed by atoms with Crippen molar-refractivity contribution in [3.8, 4) is 0 Å². The quantitative estimate of drug-likeness (QED) is 0.870. The molecule has 0 radical (unpaired) electrons. The summed E-state index contributed by atoms with van der Waals surface area (Å²) < 4.78 is 2.30. The largest absolute Gasteiger partial charge is 0.298 e. The lowest BCUT2D eigenvalue weighted by molar-refractivity contribution is 0.284. The molecule has 0 aliphatic heterocycles. The molecule has 2 rings (SSSR count). The molecule has 0 bridgehead atoms. The van der Waals surface area contributed by atoms with Crippen LogP contribution in [0.2, 0.25) is 0 Å². The van der Waals surface area contributed by atoms with Crippen molar-refractivity contribution in [2.75, 3.05) is 5.75 Å². The van der Waals surface area contributed by atoms with Gasteiger partial charge in [0.1, 0.15) is 4.47 Å². The second kappa shape index (κ2) is 5.14. The molecule has 1 fully saturated rings. The smallest absolute Gasteiger partial charge is 0.267 e. The van der Waals surface area contributed by atoms with Gasteiger partial charge in [0.05, 0.1) is 12.0 Å². The Morgan fingerprint density at radius 3 is 2.76 bits per heavy atom. The monoisotopic (exact) mass is 316 g/mol. The van der Waals surface area contributed by atoms with Crippen molar-refractivity contribution in [3.05, 3.63) is 26.8 Å². The van der Waals surface area contributed by atoms with E-state index in [1.54, 1.807) is 10.9 Å². The Bertz CT molecular complexity index is 466. The summed E-state index contributed by atoms with van der Waals surface area (Å²) in [6, 6.07) is 0. The van der Waals surface area contributed by atoms with Crippen molar-refractivity contribution in [3.63, 3.8) is 0 Å². The van der Waals surface area contributed by atoms with Crippen LogP contribution in [0.15, 0.2) is 15.6 Å². The van der Waals surface area contributed by atoms with Crippen LogP contribution in [0.5, 0.6) is 0 Å². The van der Waals surface area contributed by atoms with E-state index in [4.69, 9.17) is 0 Å². The van der Waals surface area contributed by atoms with E-state index in [9.17, 15) is 4.79 Å². The van der Waals surface area contributed by atoms with E-state index >= 15 is 0 Å². The molecule has 3 nitrogen and oxygen atoms in total. The topological polar surface area (TPSA) is 34.9 Å². The van der Waals surface area contributed by atoms with Crippen LogP contribution < -0.4 is 5.56 Å². The third-order valence-corrected chi connectivity index (χ3v) is 5.25. The second-order valence-electron chi connectivity index (χ2n) is 4.94. The first-order valence-electron chi connectivity index (χ1n) is 5.90. The molecule has 0 amide bonds. The lowest BCUT2D eigenvalue weighted by Crippen LogP contribution is -2.32. The van der Waals surface area contributed by atoms with Crippen molar-refractivity contribution < 1.29 is 0 Å². The third-order valence-electron chi connectivity index (χ3n) is 3.66. The van der Waals surface area contributed by atoms with Crippen molar-refractivity contribution >= 4 is 28.6 Å². The van der Waals surface area contributed by atoms with Crippen LogP contribution >= 0.6 is 28.6 Å². The maximum atomic E-state index is 12.1. The Balaban J connectivity index is 2.30. The molecule has 0 atom stereocenters. The Morgan fingerprint density at radius 1 is 1.53 bits per heavy atom. The van der Waals surface area contributed by atoms with Crippen LogP contribution in [-0.4, -0.2) is 15.3 Å². The maximum Gasteiger partial charge on any atom is 0.267 e. The average molecular weight is 317 g/mol.